The number of nitrogens with one attached hydrogen (secondary N) is 2. The van der Waals surface area contributed by atoms with Gasteiger partial charge in [0.1, 0.15) is 0 Å². The SMILES string of the molecule is CC1CC(C)CN(C(C)(C)CNC(=O)NC(C)C(C)C)C1. The molecule has 0 saturated carbocycles. The largest absolute Gasteiger partial charge is 0.336 e. The number of amides is 2. The van der Waals surface area contributed by atoms with Gasteiger partial charge < -0.3 is 10.6 Å². The van der Waals surface area contributed by atoms with Crippen molar-refractivity contribution in [1.82, 2.24) is 15.5 Å². The fourth-order valence-corrected chi connectivity index (χ4v) is 2.99. The Morgan fingerprint density at radius 1 is 1.19 bits per heavy atom. The Morgan fingerprint density at radius 2 is 1.71 bits per heavy atom. The summed E-state index contributed by atoms with van der Waals surface area (Å²) in [7, 11) is 0. The van der Waals surface area contributed by atoms with E-state index in [9.17, 15) is 4.79 Å². The van der Waals surface area contributed by atoms with Gasteiger partial charge in [-0.05, 0) is 44.9 Å². The number of nitrogens with zero attached hydrogens (tertiary/aromatic N) is 1. The van der Waals surface area contributed by atoms with E-state index in [1.165, 1.54) is 6.42 Å². The number of hydrogen-bond donors (Lipinski definition) is 2. The molecule has 0 bridgehead atoms. The molecule has 4 heteroatoms. The van der Waals surface area contributed by atoms with Gasteiger partial charge in [0.05, 0.1) is 0 Å². The molecule has 0 radical (unpaired) electrons. The molecule has 0 spiro atoms. The number of carbonyl (C=O) groups is 1. The average molecular weight is 297 g/mol. The minimum Gasteiger partial charge on any atom is -0.336 e. The normalized spacial score (nSPS) is 25.7. The molecule has 4 nitrogen and oxygen atoms in total. The number of carbonyl (C=O) groups excluding carboxylic acids is 1. The Kier molecular flexibility index (Phi) is 6.51. The molecular formula is C17H35N3O. The summed E-state index contributed by atoms with van der Waals surface area (Å²) in [5.41, 5.74) is 0.00134. The Morgan fingerprint density at radius 3 is 2.19 bits per heavy atom. The first-order valence-electron chi connectivity index (χ1n) is 8.41. The Hall–Kier alpha value is -0.770. The van der Waals surface area contributed by atoms with Crippen molar-refractivity contribution in [3.63, 3.8) is 0 Å². The predicted octanol–water partition coefficient (Wildman–Crippen LogP) is 3.09. The second-order valence-electron chi connectivity index (χ2n) is 8.02. The highest BCUT2D eigenvalue weighted by Gasteiger charge is 2.32. The highest BCUT2D eigenvalue weighted by Crippen LogP contribution is 2.26. The van der Waals surface area contributed by atoms with Crippen LogP contribution in [-0.2, 0) is 0 Å². The Bertz CT molecular complexity index is 331. The monoisotopic (exact) mass is 297 g/mol. The molecule has 21 heavy (non-hydrogen) atoms. The van der Waals surface area contributed by atoms with Crippen molar-refractivity contribution in [2.75, 3.05) is 19.6 Å². The molecule has 1 rings (SSSR count). The van der Waals surface area contributed by atoms with E-state index < -0.39 is 0 Å². The summed E-state index contributed by atoms with van der Waals surface area (Å²) >= 11 is 0. The lowest BCUT2D eigenvalue weighted by Gasteiger charge is -2.45. The third kappa shape index (κ3) is 5.85. The summed E-state index contributed by atoms with van der Waals surface area (Å²) in [6.07, 6.45) is 1.31. The van der Waals surface area contributed by atoms with Gasteiger partial charge in [0.15, 0.2) is 0 Å². The molecular weight excluding hydrogens is 262 g/mol. The van der Waals surface area contributed by atoms with Crippen LogP contribution >= 0.6 is 0 Å². The first-order chi connectivity index (χ1) is 9.61. The smallest absolute Gasteiger partial charge is 0.315 e. The third-order valence-corrected chi connectivity index (χ3v) is 4.77. The zero-order valence-electron chi connectivity index (χ0n) is 15.0. The minimum absolute atomic E-state index is 0.00134. The minimum atomic E-state index is -0.0534. The maximum atomic E-state index is 12.0. The summed E-state index contributed by atoms with van der Waals surface area (Å²) in [5.74, 6) is 1.93. The summed E-state index contributed by atoms with van der Waals surface area (Å²) in [4.78, 5) is 14.5. The average Bonchev–Trinajstić information content (AvgIpc) is 2.35. The molecule has 0 aliphatic carbocycles. The Balaban J connectivity index is 2.46. The van der Waals surface area contributed by atoms with Crippen LogP contribution in [0.2, 0.25) is 0 Å². The van der Waals surface area contributed by atoms with Gasteiger partial charge >= 0.3 is 6.03 Å². The van der Waals surface area contributed by atoms with E-state index in [-0.39, 0.29) is 17.6 Å². The van der Waals surface area contributed by atoms with Gasteiger partial charge in [-0.1, -0.05) is 27.7 Å². The number of urea groups is 1. The van der Waals surface area contributed by atoms with Crippen molar-refractivity contribution >= 4 is 6.03 Å². The lowest BCUT2D eigenvalue weighted by atomic mass is 9.88. The van der Waals surface area contributed by atoms with Crippen molar-refractivity contribution in [2.45, 2.75) is 66.5 Å². The zero-order chi connectivity index (χ0) is 16.2. The Labute approximate surface area is 131 Å². The van der Waals surface area contributed by atoms with Crippen LogP contribution in [-0.4, -0.2) is 42.1 Å². The van der Waals surface area contributed by atoms with Crippen LogP contribution in [0, 0.1) is 17.8 Å². The predicted molar refractivity (Wildman–Crippen MR) is 89.4 cm³/mol. The molecule has 2 amide bonds. The fourth-order valence-electron chi connectivity index (χ4n) is 2.99. The van der Waals surface area contributed by atoms with E-state index >= 15 is 0 Å². The molecule has 0 aromatic carbocycles. The standard InChI is InChI=1S/C17H35N3O/c1-12(2)15(5)19-16(21)18-11-17(6,7)20-9-13(3)8-14(4)10-20/h12-15H,8-11H2,1-7H3,(H2,18,19,21). The zero-order valence-corrected chi connectivity index (χ0v) is 15.0. The highest BCUT2D eigenvalue weighted by atomic mass is 16.2. The third-order valence-electron chi connectivity index (χ3n) is 4.77. The number of piperidine rings is 1. The van der Waals surface area contributed by atoms with Crippen LogP contribution in [0.3, 0.4) is 0 Å². The molecule has 0 aromatic rings. The van der Waals surface area contributed by atoms with Gasteiger partial charge in [-0.25, -0.2) is 4.79 Å². The van der Waals surface area contributed by atoms with E-state index in [0.29, 0.717) is 12.5 Å². The van der Waals surface area contributed by atoms with E-state index in [1.807, 2.05) is 6.92 Å². The number of likely N-dealkylation sites (tertiary alicyclic amines) is 1. The molecule has 1 saturated heterocycles. The van der Waals surface area contributed by atoms with E-state index in [2.05, 4.69) is 57.1 Å². The summed E-state index contributed by atoms with van der Waals surface area (Å²) in [6.45, 7) is 18.3. The molecule has 0 aromatic heterocycles. The molecule has 2 N–H and O–H groups in total. The molecule has 1 aliphatic rings. The second kappa shape index (κ2) is 7.48. The fraction of sp³-hybridized carbons (Fsp3) is 0.941. The molecule has 3 atom stereocenters. The van der Waals surface area contributed by atoms with Crippen LogP contribution in [0.1, 0.15) is 54.9 Å². The topological polar surface area (TPSA) is 44.4 Å². The van der Waals surface area contributed by atoms with Crippen molar-refractivity contribution in [1.29, 1.82) is 0 Å². The van der Waals surface area contributed by atoms with E-state index in [0.717, 1.165) is 24.9 Å². The lowest BCUT2D eigenvalue weighted by Crippen LogP contribution is -2.57. The summed E-state index contributed by atoms with van der Waals surface area (Å²) in [5, 5.41) is 6.05. The molecule has 124 valence electrons. The van der Waals surface area contributed by atoms with Crippen LogP contribution in [0.4, 0.5) is 4.79 Å². The molecule has 1 fully saturated rings. The van der Waals surface area contributed by atoms with Gasteiger partial charge in [-0.3, -0.25) is 4.90 Å². The molecule has 1 heterocycles. The molecule has 3 unspecified atom stereocenters. The van der Waals surface area contributed by atoms with E-state index in [1.54, 1.807) is 0 Å². The van der Waals surface area contributed by atoms with Crippen LogP contribution < -0.4 is 10.6 Å². The second-order valence-corrected chi connectivity index (χ2v) is 8.02. The first kappa shape index (κ1) is 18.3. The van der Waals surface area contributed by atoms with Crippen molar-refractivity contribution < 1.29 is 4.79 Å². The molecule has 1 aliphatic heterocycles. The first-order valence-corrected chi connectivity index (χ1v) is 8.41. The van der Waals surface area contributed by atoms with Crippen LogP contribution in [0.25, 0.3) is 0 Å². The maximum absolute atomic E-state index is 12.0. The quantitative estimate of drug-likeness (QED) is 0.819. The number of rotatable bonds is 5. The van der Waals surface area contributed by atoms with Gasteiger partial charge in [-0.2, -0.15) is 0 Å². The van der Waals surface area contributed by atoms with Crippen LogP contribution in [0.15, 0.2) is 0 Å². The van der Waals surface area contributed by atoms with Crippen molar-refractivity contribution in [3.05, 3.63) is 0 Å². The highest BCUT2D eigenvalue weighted by molar-refractivity contribution is 5.74. The van der Waals surface area contributed by atoms with Crippen molar-refractivity contribution in [2.24, 2.45) is 17.8 Å². The van der Waals surface area contributed by atoms with Crippen LogP contribution in [0.5, 0.6) is 0 Å². The van der Waals surface area contributed by atoms with Gasteiger partial charge in [-0.15, -0.1) is 0 Å². The van der Waals surface area contributed by atoms with Gasteiger partial charge in [0, 0.05) is 31.2 Å². The summed E-state index contributed by atoms with van der Waals surface area (Å²) < 4.78 is 0. The van der Waals surface area contributed by atoms with Crippen molar-refractivity contribution in [3.8, 4) is 0 Å². The maximum Gasteiger partial charge on any atom is 0.315 e. The van der Waals surface area contributed by atoms with E-state index in [4.69, 9.17) is 0 Å². The van der Waals surface area contributed by atoms with Gasteiger partial charge in [0.25, 0.3) is 0 Å². The van der Waals surface area contributed by atoms with Gasteiger partial charge in [0.2, 0.25) is 0 Å². The lowest BCUT2D eigenvalue weighted by molar-refractivity contribution is 0.0472. The number of hydrogen-bond acceptors (Lipinski definition) is 2. The summed E-state index contributed by atoms with van der Waals surface area (Å²) in [6, 6.07) is 0.144.